The Morgan fingerprint density at radius 1 is 1.30 bits per heavy atom. The highest BCUT2D eigenvalue weighted by atomic mass is 32.2. The van der Waals surface area contributed by atoms with Gasteiger partial charge >= 0.3 is 0 Å². The summed E-state index contributed by atoms with van der Waals surface area (Å²) in [5, 5.41) is 8.63. The number of benzene rings is 1. The topological polar surface area (TPSA) is 66.4 Å². The molecule has 0 aliphatic heterocycles. The molecule has 1 aromatic carbocycles. The Labute approximate surface area is 121 Å². The van der Waals surface area contributed by atoms with Gasteiger partial charge in [-0.05, 0) is 37.6 Å². The quantitative estimate of drug-likeness (QED) is 0.788. The summed E-state index contributed by atoms with van der Waals surface area (Å²) in [4.78, 5) is 0.244. The third-order valence-corrected chi connectivity index (χ3v) is 4.32. The molecule has 0 saturated heterocycles. The number of sulfonamides is 1. The van der Waals surface area contributed by atoms with Crippen molar-refractivity contribution < 1.29 is 13.5 Å². The van der Waals surface area contributed by atoms with Gasteiger partial charge in [0, 0.05) is 18.0 Å². The molecule has 0 heterocycles. The van der Waals surface area contributed by atoms with E-state index in [4.69, 9.17) is 5.11 Å². The van der Waals surface area contributed by atoms with Crippen molar-refractivity contribution >= 4 is 10.0 Å². The Kier molecular flexibility index (Phi) is 6.73. The van der Waals surface area contributed by atoms with Crippen molar-refractivity contribution in [3.8, 4) is 11.8 Å². The van der Waals surface area contributed by atoms with Crippen LogP contribution in [-0.2, 0) is 10.0 Å². The van der Waals surface area contributed by atoms with E-state index in [0.717, 1.165) is 18.4 Å². The average Bonchev–Trinajstić information content (AvgIpc) is 2.39. The summed E-state index contributed by atoms with van der Waals surface area (Å²) >= 11 is 0. The number of aliphatic hydroxyl groups excluding tert-OH is 1. The first-order valence-corrected chi connectivity index (χ1v) is 8.20. The molecule has 110 valence electrons. The van der Waals surface area contributed by atoms with E-state index in [1.54, 1.807) is 24.3 Å². The molecule has 5 heteroatoms. The second-order valence-corrected chi connectivity index (χ2v) is 6.32. The molecule has 0 radical (unpaired) electrons. The SMILES string of the molecule is CCCC(C)NS(=O)(=O)c1ccc(C#CCCO)cc1. The van der Waals surface area contributed by atoms with E-state index in [-0.39, 0.29) is 17.5 Å². The summed E-state index contributed by atoms with van der Waals surface area (Å²) in [6, 6.07) is 6.36. The van der Waals surface area contributed by atoms with Crippen molar-refractivity contribution in [1.29, 1.82) is 0 Å². The van der Waals surface area contributed by atoms with Crippen molar-refractivity contribution in [2.24, 2.45) is 0 Å². The van der Waals surface area contributed by atoms with Gasteiger partial charge < -0.3 is 5.11 Å². The fourth-order valence-corrected chi connectivity index (χ4v) is 3.04. The van der Waals surface area contributed by atoms with E-state index in [1.165, 1.54) is 0 Å². The number of nitrogens with one attached hydrogen (secondary N) is 1. The maximum atomic E-state index is 12.1. The Bertz CT molecular complexity index is 567. The number of aliphatic hydroxyl groups is 1. The van der Waals surface area contributed by atoms with E-state index in [2.05, 4.69) is 16.6 Å². The largest absolute Gasteiger partial charge is 0.395 e. The van der Waals surface area contributed by atoms with Gasteiger partial charge in [0.25, 0.3) is 0 Å². The maximum absolute atomic E-state index is 12.1. The lowest BCUT2D eigenvalue weighted by Gasteiger charge is -2.13. The first kappa shape index (κ1) is 16.7. The molecule has 0 aromatic heterocycles. The molecule has 1 unspecified atom stereocenters. The molecule has 0 aliphatic carbocycles. The Hall–Kier alpha value is -1.35. The summed E-state index contributed by atoms with van der Waals surface area (Å²) in [5.74, 6) is 5.65. The first-order chi connectivity index (χ1) is 9.49. The fourth-order valence-electron chi connectivity index (χ4n) is 1.76. The van der Waals surface area contributed by atoms with Gasteiger partial charge in [0.15, 0.2) is 0 Å². The normalized spacial score (nSPS) is 12.6. The van der Waals surface area contributed by atoms with Crippen LogP contribution in [0.5, 0.6) is 0 Å². The Morgan fingerprint density at radius 3 is 2.50 bits per heavy atom. The summed E-state index contributed by atoms with van der Waals surface area (Å²) < 4.78 is 26.9. The molecular formula is C15H21NO3S. The second-order valence-electron chi connectivity index (χ2n) is 4.61. The van der Waals surface area contributed by atoms with E-state index in [1.807, 2.05) is 13.8 Å². The fraction of sp³-hybridized carbons (Fsp3) is 0.467. The third kappa shape index (κ3) is 5.33. The average molecular weight is 295 g/mol. The minimum atomic E-state index is -3.46. The molecule has 20 heavy (non-hydrogen) atoms. The first-order valence-electron chi connectivity index (χ1n) is 6.71. The number of hydrogen-bond donors (Lipinski definition) is 2. The molecule has 1 atom stereocenters. The van der Waals surface area contributed by atoms with E-state index >= 15 is 0 Å². The molecule has 0 saturated carbocycles. The van der Waals surface area contributed by atoms with Crippen molar-refractivity contribution in [3.63, 3.8) is 0 Å². The molecular weight excluding hydrogens is 274 g/mol. The summed E-state index contributed by atoms with van der Waals surface area (Å²) in [5.41, 5.74) is 0.735. The van der Waals surface area contributed by atoms with Crippen LogP contribution in [0.3, 0.4) is 0 Å². The minimum Gasteiger partial charge on any atom is -0.395 e. The van der Waals surface area contributed by atoms with Crippen LogP contribution in [0.25, 0.3) is 0 Å². The van der Waals surface area contributed by atoms with Crippen LogP contribution in [0.15, 0.2) is 29.2 Å². The van der Waals surface area contributed by atoms with E-state index < -0.39 is 10.0 Å². The number of hydrogen-bond acceptors (Lipinski definition) is 3. The zero-order valence-corrected chi connectivity index (χ0v) is 12.7. The molecule has 0 spiro atoms. The van der Waals surface area contributed by atoms with Crippen LogP contribution < -0.4 is 4.72 Å². The van der Waals surface area contributed by atoms with Gasteiger partial charge in [-0.2, -0.15) is 0 Å². The van der Waals surface area contributed by atoms with Crippen LogP contribution in [0, 0.1) is 11.8 Å². The van der Waals surface area contributed by atoms with Gasteiger partial charge in [-0.1, -0.05) is 25.2 Å². The van der Waals surface area contributed by atoms with Gasteiger partial charge in [0.1, 0.15) is 0 Å². The Morgan fingerprint density at radius 2 is 1.95 bits per heavy atom. The van der Waals surface area contributed by atoms with E-state index in [0.29, 0.717) is 6.42 Å². The zero-order valence-electron chi connectivity index (χ0n) is 11.9. The molecule has 2 N–H and O–H groups in total. The molecule has 1 rings (SSSR count). The zero-order chi connectivity index (χ0) is 15.0. The van der Waals surface area contributed by atoms with Gasteiger partial charge in [-0.15, -0.1) is 0 Å². The maximum Gasteiger partial charge on any atom is 0.240 e. The van der Waals surface area contributed by atoms with Crippen molar-refractivity contribution in [3.05, 3.63) is 29.8 Å². The standard InChI is InChI=1S/C15H21NO3S/c1-3-6-13(2)16-20(18,19)15-10-8-14(9-11-15)7-4-5-12-17/h8-11,13,16-17H,3,5-6,12H2,1-2H3. The summed E-state index contributed by atoms with van der Waals surface area (Å²) in [6.45, 7) is 3.90. The van der Waals surface area contributed by atoms with Crippen LogP contribution >= 0.6 is 0 Å². The molecule has 0 bridgehead atoms. The van der Waals surface area contributed by atoms with Crippen LogP contribution in [0.4, 0.5) is 0 Å². The summed E-state index contributed by atoms with van der Waals surface area (Å²) in [7, 11) is -3.46. The molecule has 0 fully saturated rings. The monoisotopic (exact) mass is 295 g/mol. The van der Waals surface area contributed by atoms with Gasteiger partial charge in [-0.3, -0.25) is 0 Å². The van der Waals surface area contributed by atoms with Crippen molar-refractivity contribution in [1.82, 2.24) is 4.72 Å². The minimum absolute atomic E-state index is 0.0265. The lowest BCUT2D eigenvalue weighted by atomic mass is 10.2. The predicted octanol–water partition coefficient (Wildman–Crippen LogP) is 1.89. The molecule has 0 aliphatic rings. The third-order valence-electron chi connectivity index (χ3n) is 2.71. The highest BCUT2D eigenvalue weighted by molar-refractivity contribution is 7.89. The van der Waals surface area contributed by atoms with Crippen molar-refractivity contribution in [2.45, 2.75) is 44.0 Å². The lowest BCUT2D eigenvalue weighted by molar-refractivity contribution is 0.305. The van der Waals surface area contributed by atoms with Crippen LogP contribution in [0.2, 0.25) is 0 Å². The predicted molar refractivity (Wildman–Crippen MR) is 79.7 cm³/mol. The van der Waals surface area contributed by atoms with E-state index in [9.17, 15) is 8.42 Å². The Balaban J connectivity index is 2.80. The smallest absolute Gasteiger partial charge is 0.240 e. The molecule has 4 nitrogen and oxygen atoms in total. The second kappa shape index (κ2) is 8.05. The van der Waals surface area contributed by atoms with Crippen LogP contribution in [-0.4, -0.2) is 26.2 Å². The molecule has 0 amide bonds. The molecule has 1 aromatic rings. The van der Waals surface area contributed by atoms with Gasteiger partial charge in [-0.25, -0.2) is 13.1 Å². The van der Waals surface area contributed by atoms with Gasteiger partial charge in [0.2, 0.25) is 10.0 Å². The van der Waals surface area contributed by atoms with Gasteiger partial charge in [0.05, 0.1) is 11.5 Å². The summed E-state index contributed by atoms with van der Waals surface area (Å²) in [6.07, 6.45) is 2.16. The number of rotatable bonds is 6. The van der Waals surface area contributed by atoms with Crippen molar-refractivity contribution in [2.75, 3.05) is 6.61 Å². The highest BCUT2D eigenvalue weighted by Crippen LogP contribution is 2.11. The highest BCUT2D eigenvalue weighted by Gasteiger charge is 2.16. The lowest BCUT2D eigenvalue weighted by Crippen LogP contribution is -2.32. The van der Waals surface area contributed by atoms with Crippen LogP contribution in [0.1, 0.15) is 38.7 Å².